The van der Waals surface area contributed by atoms with Gasteiger partial charge in [-0.3, -0.25) is 4.79 Å². The Morgan fingerprint density at radius 1 is 1.07 bits per heavy atom. The number of piperidine rings is 1. The van der Waals surface area contributed by atoms with E-state index in [1.54, 1.807) is 12.1 Å². The van der Waals surface area contributed by atoms with E-state index in [1.807, 2.05) is 36.9 Å². The second-order valence-corrected chi connectivity index (χ2v) is 7.55. The average Bonchev–Trinajstić information content (AvgIpc) is 3.00. The maximum absolute atomic E-state index is 13.2. The van der Waals surface area contributed by atoms with Gasteiger partial charge in [0.15, 0.2) is 0 Å². The van der Waals surface area contributed by atoms with Gasteiger partial charge in [-0.15, -0.1) is 0 Å². The molecular weight excluding hydrogens is 359 g/mol. The molecule has 2 aliphatic rings. The molecule has 2 aromatic rings. The van der Waals surface area contributed by atoms with E-state index in [0.717, 1.165) is 16.7 Å². The summed E-state index contributed by atoms with van der Waals surface area (Å²) < 4.78 is 13.2. The first-order valence-electron chi connectivity index (χ1n) is 9.39. The summed E-state index contributed by atoms with van der Waals surface area (Å²) in [6.45, 7) is 4.99. The number of nitrogens with zero attached hydrogens (tertiary/aromatic N) is 2. The minimum Gasteiger partial charge on any atom is -0.338 e. The number of carbonyl (C=O) groups excluding carboxylic acids is 2. The van der Waals surface area contributed by atoms with Crippen LogP contribution in [0.25, 0.3) is 0 Å². The fraction of sp³-hybridized carbons (Fsp3) is 0.333. The van der Waals surface area contributed by atoms with Crippen LogP contribution in [-0.2, 0) is 0 Å². The predicted octanol–water partition coefficient (Wildman–Crippen LogP) is 3.11. The van der Waals surface area contributed by atoms with Crippen LogP contribution in [0.3, 0.4) is 0 Å². The lowest BCUT2D eigenvalue weighted by molar-refractivity contribution is 0.0640. The van der Waals surface area contributed by atoms with Crippen molar-refractivity contribution >= 4 is 17.6 Å². The average molecular weight is 382 g/mol. The van der Waals surface area contributed by atoms with E-state index in [0.29, 0.717) is 31.6 Å². The maximum Gasteiger partial charge on any atom is 0.338 e. The molecule has 7 heteroatoms. The number of hydrogen-bond donors (Lipinski definition) is 2. The molecule has 0 radical (unpaired) electrons. The Labute approximate surface area is 163 Å². The van der Waals surface area contributed by atoms with Gasteiger partial charge in [0.1, 0.15) is 11.5 Å². The second kappa shape index (κ2) is 6.91. The number of likely N-dealkylation sites (tertiary alicyclic amines) is 1. The third-order valence-electron chi connectivity index (χ3n) is 5.49. The molecule has 4 rings (SSSR count). The van der Waals surface area contributed by atoms with Crippen LogP contribution in [0.4, 0.5) is 14.9 Å². The van der Waals surface area contributed by atoms with Crippen LogP contribution in [-0.4, -0.2) is 35.6 Å². The van der Waals surface area contributed by atoms with E-state index in [9.17, 15) is 14.0 Å². The van der Waals surface area contributed by atoms with Crippen LogP contribution in [0, 0.1) is 19.7 Å². The number of urea groups is 1. The van der Waals surface area contributed by atoms with Crippen molar-refractivity contribution in [1.82, 2.24) is 15.6 Å². The number of aryl methyl sites for hydroxylation is 2. The smallest absolute Gasteiger partial charge is 0.338 e. The number of nitrogens with one attached hydrogen (secondary N) is 2. The van der Waals surface area contributed by atoms with Gasteiger partial charge >= 0.3 is 6.03 Å². The Kier molecular flexibility index (Phi) is 4.55. The van der Waals surface area contributed by atoms with Gasteiger partial charge in [-0.05, 0) is 49.7 Å². The lowest BCUT2D eigenvalue weighted by Crippen LogP contribution is -2.58. The number of hydrogen-bond acceptors (Lipinski definition) is 3. The number of hydrazine groups is 1. The SMILES string of the molecule is Cc1ccc(C)c(C(=O)N2CCC3(CC2)NC(=O)N(c2ccc(F)cc2)N3)c1. The van der Waals surface area contributed by atoms with Gasteiger partial charge in [-0.1, -0.05) is 17.7 Å². The molecule has 3 amide bonds. The summed E-state index contributed by atoms with van der Waals surface area (Å²) in [6, 6.07) is 11.4. The largest absolute Gasteiger partial charge is 0.338 e. The molecule has 2 aromatic carbocycles. The van der Waals surface area contributed by atoms with Crippen LogP contribution in [0.1, 0.15) is 34.3 Å². The summed E-state index contributed by atoms with van der Waals surface area (Å²) in [5, 5.41) is 4.40. The van der Waals surface area contributed by atoms with E-state index < -0.39 is 5.66 Å². The number of carbonyl (C=O) groups is 2. The first-order chi connectivity index (χ1) is 13.4. The van der Waals surface area contributed by atoms with Gasteiger partial charge < -0.3 is 10.2 Å². The lowest BCUT2D eigenvalue weighted by Gasteiger charge is -2.39. The quantitative estimate of drug-likeness (QED) is 0.839. The van der Waals surface area contributed by atoms with E-state index in [4.69, 9.17) is 0 Å². The van der Waals surface area contributed by atoms with Crippen LogP contribution in [0.2, 0.25) is 0 Å². The highest BCUT2D eigenvalue weighted by Gasteiger charge is 2.45. The highest BCUT2D eigenvalue weighted by molar-refractivity contribution is 5.96. The van der Waals surface area contributed by atoms with Crippen molar-refractivity contribution in [1.29, 1.82) is 0 Å². The molecule has 0 aliphatic carbocycles. The minimum atomic E-state index is -0.593. The Morgan fingerprint density at radius 3 is 2.43 bits per heavy atom. The zero-order valence-corrected chi connectivity index (χ0v) is 16.0. The molecule has 2 N–H and O–H groups in total. The molecule has 2 fully saturated rings. The summed E-state index contributed by atoms with van der Waals surface area (Å²) >= 11 is 0. The number of benzene rings is 2. The van der Waals surface area contributed by atoms with Crippen molar-refractivity contribution in [2.24, 2.45) is 0 Å². The molecule has 28 heavy (non-hydrogen) atoms. The molecule has 0 saturated carbocycles. The molecule has 2 saturated heterocycles. The Balaban J connectivity index is 1.45. The van der Waals surface area contributed by atoms with Gasteiger partial charge in [-0.2, -0.15) is 0 Å². The number of anilines is 1. The fourth-order valence-electron chi connectivity index (χ4n) is 3.79. The molecular formula is C21H23FN4O2. The normalized spacial score (nSPS) is 18.5. The molecule has 1 spiro atoms. The summed E-state index contributed by atoms with van der Waals surface area (Å²) in [6.07, 6.45) is 1.18. The zero-order chi connectivity index (χ0) is 19.9. The fourth-order valence-corrected chi connectivity index (χ4v) is 3.79. The first kappa shape index (κ1) is 18.4. The van der Waals surface area contributed by atoms with Crippen LogP contribution in [0.15, 0.2) is 42.5 Å². The summed E-state index contributed by atoms with van der Waals surface area (Å²) in [7, 11) is 0. The molecule has 6 nitrogen and oxygen atoms in total. The van der Waals surface area contributed by atoms with E-state index >= 15 is 0 Å². The third-order valence-corrected chi connectivity index (χ3v) is 5.49. The van der Waals surface area contributed by atoms with Gasteiger partial charge in [0.05, 0.1) is 5.69 Å². The topological polar surface area (TPSA) is 64.7 Å². The molecule has 2 aliphatic heterocycles. The van der Waals surface area contributed by atoms with Gasteiger partial charge in [0, 0.05) is 31.5 Å². The van der Waals surface area contributed by atoms with Crippen molar-refractivity contribution in [3.05, 3.63) is 65.0 Å². The Morgan fingerprint density at radius 2 is 1.75 bits per heavy atom. The van der Waals surface area contributed by atoms with Crippen LogP contribution >= 0.6 is 0 Å². The maximum atomic E-state index is 13.2. The third kappa shape index (κ3) is 3.33. The van der Waals surface area contributed by atoms with Crippen molar-refractivity contribution in [3.63, 3.8) is 0 Å². The Hall–Kier alpha value is -2.93. The highest BCUT2D eigenvalue weighted by atomic mass is 19.1. The van der Waals surface area contributed by atoms with Gasteiger partial charge in [0.2, 0.25) is 0 Å². The lowest BCUT2D eigenvalue weighted by atomic mass is 9.96. The number of rotatable bonds is 2. The van der Waals surface area contributed by atoms with Gasteiger partial charge in [0.25, 0.3) is 5.91 Å². The minimum absolute atomic E-state index is 0.0239. The highest BCUT2D eigenvalue weighted by Crippen LogP contribution is 2.28. The number of halogens is 1. The van der Waals surface area contributed by atoms with Crippen molar-refractivity contribution in [3.8, 4) is 0 Å². The standard InChI is InChI=1S/C21H23FN4O2/c1-14-3-4-15(2)18(13-14)19(27)25-11-9-21(10-12-25)23-20(28)26(24-21)17-7-5-16(22)6-8-17/h3-8,13,24H,9-12H2,1-2H3,(H,23,28). The molecule has 0 bridgehead atoms. The molecule has 0 aromatic heterocycles. The summed E-state index contributed by atoms with van der Waals surface area (Å²) in [5.41, 5.74) is 5.95. The molecule has 0 unspecified atom stereocenters. The second-order valence-electron chi connectivity index (χ2n) is 7.55. The molecule has 2 heterocycles. The summed E-state index contributed by atoms with van der Waals surface area (Å²) in [4.78, 5) is 27.2. The molecule has 146 valence electrons. The first-order valence-corrected chi connectivity index (χ1v) is 9.39. The van der Waals surface area contributed by atoms with Crippen LogP contribution < -0.4 is 15.8 Å². The van der Waals surface area contributed by atoms with Crippen LogP contribution in [0.5, 0.6) is 0 Å². The van der Waals surface area contributed by atoms with Crippen molar-refractivity contribution in [2.75, 3.05) is 18.1 Å². The van der Waals surface area contributed by atoms with E-state index in [-0.39, 0.29) is 17.8 Å². The van der Waals surface area contributed by atoms with Gasteiger partial charge in [-0.25, -0.2) is 19.6 Å². The van der Waals surface area contributed by atoms with Crippen molar-refractivity contribution in [2.45, 2.75) is 32.4 Å². The monoisotopic (exact) mass is 382 g/mol. The number of amides is 3. The predicted molar refractivity (Wildman–Crippen MR) is 104 cm³/mol. The van der Waals surface area contributed by atoms with Crippen molar-refractivity contribution < 1.29 is 14.0 Å². The summed E-state index contributed by atoms with van der Waals surface area (Å²) in [5.74, 6) is -0.327. The Bertz CT molecular complexity index is 921. The van der Waals surface area contributed by atoms with E-state index in [2.05, 4.69) is 10.7 Å². The van der Waals surface area contributed by atoms with E-state index in [1.165, 1.54) is 17.1 Å². The molecule has 0 atom stereocenters. The zero-order valence-electron chi connectivity index (χ0n) is 16.0.